The molecule has 0 N–H and O–H groups in total. The molecule has 0 aromatic heterocycles. The number of carbonyl (C=O) groups excluding carboxylic acids is 4. The fourth-order valence-electron chi connectivity index (χ4n) is 5.58. The van der Waals surface area contributed by atoms with Crippen LogP contribution in [0.2, 0.25) is 0 Å². The molecule has 0 spiro atoms. The van der Waals surface area contributed by atoms with E-state index in [0.29, 0.717) is 5.57 Å². The Hall–Kier alpha value is -3.31. The molecule has 0 unspecified atom stereocenters. The zero-order valence-corrected chi connectivity index (χ0v) is 22.4. The van der Waals surface area contributed by atoms with Gasteiger partial charge in [-0.1, -0.05) is 48.6 Å². The summed E-state index contributed by atoms with van der Waals surface area (Å²) in [5.41, 5.74) is -4.74. The Labute approximate surface area is 229 Å². The van der Waals surface area contributed by atoms with Crippen LogP contribution in [0.25, 0.3) is 0 Å². The van der Waals surface area contributed by atoms with Crippen molar-refractivity contribution in [2.24, 2.45) is 5.92 Å². The fourth-order valence-corrected chi connectivity index (χ4v) is 5.58. The van der Waals surface area contributed by atoms with Crippen molar-refractivity contribution in [2.45, 2.75) is 81.6 Å². The number of Topliss-reactive ketones (excluding diaryl/α,β-unsaturated/α-hetero) is 2. The van der Waals surface area contributed by atoms with Crippen molar-refractivity contribution in [3.8, 4) is 0 Å². The van der Waals surface area contributed by atoms with E-state index < -0.39 is 59.1 Å². The van der Waals surface area contributed by atoms with Crippen LogP contribution in [0.5, 0.6) is 0 Å². The highest BCUT2D eigenvalue weighted by molar-refractivity contribution is 5.94. The SMILES string of the molecule is C=C(C)[C@@H]1C/C=C2/C(=O)O[C@@H](C[C@]3(C)CC(=O)[C@@H](CC(=O)C1)O3)[C@@H]2OC(=O)[C@](OC)(c1ccccc1)C(F)(F)F. The lowest BCUT2D eigenvalue weighted by Crippen LogP contribution is -2.53. The predicted octanol–water partition coefficient (Wildman–Crippen LogP) is 4.31. The number of hydrogen-bond acceptors (Lipinski definition) is 8. The molecule has 11 heteroatoms. The Balaban J connectivity index is 1.77. The minimum absolute atomic E-state index is 0.0146. The molecule has 216 valence electrons. The minimum Gasteiger partial charge on any atom is -0.454 e. The molecule has 2 fully saturated rings. The smallest absolute Gasteiger partial charge is 0.432 e. The molecule has 2 saturated heterocycles. The van der Waals surface area contributed by atoms with Crippen molar-refractivity contribution in [3.63, 3.8) is 0 Å². The first kappa shape index (κ1) is 29.7. The second-order valence-electron chi connectivity index (χ2n) is 10.8. The van der Waals surface area contributed by atoms with Gasteiger partial charge in [-0.15, -0.1) is 0 Å². The molecule has 3 heterocycles. The van der Waals surface area contributed by atoms with Crippen LogP contribution in [-0.2, 0) is 43.7 Å². The first-order valence-corrected chi connectivity index (χ1v) is 12.9. The maximum atomic E-state index is 14.5. The summed E-state index contributed by atoms with van der Waals surface area (Å²) < 4.78 is 65.4. The van der Waals surface area contributed by atoms with E-state index in [1.165, 1.54) is 24.3 Å². The van der Waals surface area contributed by atoms with Crippen LogP contribution in [-0.4, -0.2) is 60.7 Å². The molecule has 1 aromatic carbocycles. The van der Waals surface area contributed by atoms with Crippen LogP contribution < -0.4 is 0 Å². The number of fused-ring (bicyclic) bond motifs is 4. The molecule has 4 bridgehead atoms. The van der Waals surface area contributed by atoms with E-state index in [0.717, 1.165) is 19.2 Å². The summed E-state index contributed by atoms with van der Waals surface area (Å²) in [4.78, 5) is 51.9. The van der Waals surface area contributed by atoms with Crippen molar-refractivity contribution >= 4 is 23.5 Å². The van der Waals surface area contributed by atoms with Gasteiger partial charge >= 0.3 is 18.1 Å². The monoisotopic (exact) mass is 564 g/mol. The summed E-state index contributed by atoms with van der Waals surface area (Å²) in [6.07, 6.45) is -7.90. The molecule has 40 heavy (non-hydrogen) atoms. The van der Waals surface area contributed by atoms with Gasteiger partial charge in [0.1, 0.15) is 18.0 Å². The number of rotatable bonds is 5. The number of benzene rings is 1. The number of allylic oxidation sites excluding steroid dienone is 2. The van der Waals surface area contributed by atoms with Gasteiger partial charge in [-0.25, -0.2) is 9.59 Å². The molecular weight excluding hydrogens is 533 g/mol. The van der Waals surface area contributed by atoms with Gasteiger partial charge in [0.15, 0.2) is 11.9 Å². The third kappa shape index (κ3) is 5.49. The second kappa shape index (κ2) is 10.9. The van der Waals surface area contributed by atoms with Crippen LogP contribution in [0.1, 0.15) is 51.5 Å². The highest BCUT2D eigenvalue weighted by atomic mass is 19.4. The van der Waals surface area contributed by atoms with Crippen molar-refractivity contribution in [3.05, 3.63) is 59.7 Å². The van der Waals surface area contributed by atoms with Gasteiger partial charge in [0.25, 0.3) is 5.60 Å². The van der Waals surface area contributed by atoms with Crippen LogP contribution in [0.3, 0.4) is 0 Å². The first-order valence-electron chi connectivity index (χ1n) is 12.9. The minimum atomic E-state index is -5.23. The molecule has 6 atom stereocenters. The van der Waals surface area contributed by atoms with Gasteiger partial charge in [0.05, 0.1) is 11.2 Å². The summed E-state index contributed by atoms with van der Waals surface area (Å²) in [6.45, 7) is 7.19. The standard InChI is InChI=1S/C29H31F3O8/c1-16(2)17-10-11-20-24(39-26(36)28(37-4,29(30,31)32)18-8-6-5-7-9-18)23(38-25(20)35)15-27(3)14-21(34)22(40-27)13-19(33)12-17/h5-9,11,17,22-24H,1,10,12-15H2,2-4H3/b20-11+/t17-,22-,23+,24-,27+,28-/m1/s1. The lowest BCUT2D eigenvalue weighted by molar-refractivity contribution is -0.278. The molecule has 3 aliphatic rings. The van der Waals surface area contributed by atoms with Crippen LogP contribution >= 0.6 is 0 Å². The summed E-state index contributed by atoms with van der Waals surface area (Å²) in [6, 6.07) is 6.31. The number of esters is 2. The molecular formula is C29H31F3O8. The third-order valence-corrected chi connectivity index (χ3v) is 7.72. The van der Waals surface area contributed by atoms with E-state index in [4.69, 9.17) is 18.9 Å². The van der Waals surface area contributed by atoms with E-state index in [-0.39, 0.29) is 49.2 Å². The summed E-state index contributed by atoms with van der Waals surface area (Å²) in [5.74, 6) is -3.64. The number of ketones is 2. The van der Waals surface area contributed by atoms with Crippen LogP contribution in [0.15, 0.2) is 54.1 Å². The van der Waals surface area contributed by atoms with Gasteiger partial charge < -0.3 is 18.9 Å². The number of methoxy groups -OCH3 is 1. The van der Waals surface area contributed by atoms with Gasteiger partial charge in [0.2, 0.25) is 0 Å². The number of carbonyl (C=O) groups is 4. The normalized spacial score (nSPS) is 32.0. The zero-order chi connectivity index (χ0) is 29.5. The molecule has 3 aliphatic heterocycles. The molecule has 1 aromatic rings. The molecule has 0 amide bonds. The summed E-state index contributed by atoms with van der Waals surface area (Å²) in [5, 5.41) is 0. The molecule has 0 radical (unpaired) electrons. The molecule has 4 rings (SSSR count). The van der Waals surface area contributed by atoms with Gasteiger partial charge in [-0.05, 0) is 26.2 Å². The number of alkyl halides is 3. The average Bonchev–Trinajstić information content (AvgIpc) is 3.30. The molecule has 0 saturated carbocycles. The van der Waals surface area contributed by atoms with Crippen LogP contribution in [0, 0.1) is 5.92 Å². The van der Waals surface area contributed by atoms with Crippen molar-refractivity contribution in [1.82, 2.24) is 0 Å². The van der Waals surface area contributed by atoms with E-state index in [1.807, 2.05) is 0 Å². The van der Waals surface area contributed by atoms with Crippen molar-refractivity contribution < 1.29 is 51.3 Å². The largest absolute Gasteiger partial charge is 0.454 e. The highest BCUT2D eigenvalue weighted by Crippen LogP contribution is 2.45. The number of ether oxygens (including phenoxy) is 4. The van der Waals surface area contributed by atoms with Gasteiger partial charge in [0, 0.05) is 38.4 Å². The van der Waals surface area contributed by atoms with Crippen molar-refractivity contribution in [2.75, 3.05) is 7.11 Å². The lowest BCUT2D eigenvalue weighted by atomic mass is 9.87. The number of halogens is 3. The highest BCUT2D eigenvalue weighted by Gasteiger charge is 2.65. The maximum absolute atomic E-state index is 14.5. The van der Waals surface area contributed by atoms with Gasteiger partial charge in [-0.2, -0.15) is 13.2 Å². The lowest BCUT2D eigenvalue weighted by Gasteiger charge is -2.34. The predicted molar refractivity (Wildman–Crippen MR) is 134 cm³/mol. The maximum Gasteiger partial charge on any atom is 0.432 e. The Morgan fingerprint density at radius 2 is 1.80 bits per heavy atom. The summed E-state index contributed by atoms with van der Waals surface area (Å²) >= 11 is 0. The van der Waals surface area contributed by atoms with E-state index >= 15 is 0 Å². The van der Waals surface area contributed by atoms with Crippen LogP contribution in [0.4, 0.5) is 13.2 Å². The quantitative estimate of drug-likeness (QED) is 0.385. The van der Waals surface area contributed by atoms with E-state index in [9.17, 15) is 32.3 Å². The Morgan fingerprint density at radius 3 is 2.40 bits per heavy atom. The fraction of sp³-hybridized carbons (Fsp3) is 0.517. The Kier molecular flexibility index (Phi) is 8.11. The van der Waals surface area contributed by atoms with Gasteiger partial charge in [-0.3, -0.25) is 9.59 Å². The van der Waals surface area contributed by atoms with Crippen molar-refractivity contribution in [1.29, 1.82) is 0 Å². The topological polar surface area (TPSA) is 105 Å². The Bertz CT molecular complexity index is 1240. The van der Waals surface area contributed by atoms with E-state index in [1.54, 1.807) is 13.8 Å². The van der Waals surface area contributed by atoms with E-state index in [2.05, 4.69) is 6.58 Å². The average molecular weight is 565 g/mol. The Morgan fingerprint density at radius 1 is 1.12 bits per heavy atom. The molecule has 0 aliphatic carbocycles. The molecule has 8 nitrogen and oxygen atoms in total. The summed E-state index contributed by atoms with van der Waals surface area (Å²) in [7, 11) is 0.745. The third-order valence-electron chi connectivity index (χ3n) is 7.72. The number of hydrogen-bond donors (Lipinski definition) is 0. The second-order valence-corrected chi connectivity index (χ2v) is 10.8. The first-order chi connectivity index (χ1) is 18.7. The zero-order valence-electron chi connectivity index (χ0n) is 22.4.